The van der Waals surface area contributed by atoms with Crippen LogP contribution in [0.25, 0.3) is 27.8 Å². The van der Waals surface area contributed by atoms with Crippen LogP contribution in [0.15, 0.2) is 96.0 Å². The Labute approximate surface area is 228 Å². The quantitative estimate of drug-likeness (QED) is 0.209. The van der Waals surface area contributed by atoms with E-state index in [2.05, 4.69) is 4.57 Å². The number of para-hydroxylation sites is 1. The molecule has 1 aliphatic rings. The van der Waals surface area contributed by atoms with Crippen molar-refractivity contribution in [2.24, 2.45) is 0 Å². The van der Waals surface area contributed by atoms with Crippen LogP contribution >= 0.6 is 35.0 Å². The van der Waals surface area contributed by atoms with Gasteiger partial charge in [-0.15, -0.1) is 0 Å². The second-order valence-electron chi connectivity index (χ2n) is 8.87. The largest absolute Gasteiger partial charge is 0.342 e. The second kappa shape index (κ2) is 9.75. The molecular weight excluding hydrogens is 523 g/mol. The number of fused-ring (bicyclic) bond motifs is 2. The number of amides is 2. The van der Waals surface area contributed by atoms with E-state index in [0.717, 1.165) is 50.1 Å². The number of carbonyl (C=O) groups excluding carboxylic acids is 2. The molecular formula is C30H20Cl2N2O2S. The van der Waals surface area contributed by atoms with E-state index >= 15 is 0 Å². The minimum Gasteiger partial charge on any atom is -0.342 e. The van der Waals surface area contributed by atoms with E-state index in [1.807, 2.05) is 91.1 Å². The maximum Gasteiger partial charge on any atom is 0.293 e. The lowest BCUT2D eigenvalue weighted by molar-refractivity contribution is -0.123. The Balaban J connectivity index is 1.33. The molecule has 0 atom stereocenters. The molecule has 0 aliphatic carbocycles. The van der Waals surface area contributed by atoms with Gasteiger partial charge in [0.1, 0.15) is 0 Å². The Morgan fingerprint density at radius 2 is 1.54 bits per heavy atom. The molecule has 0 radical (unpaired) electrons. The van der Waals surface area contributed by atoms with Crippen molar-refractivity contribution < 1.29 is 9.59 Å². The highest BCUT2D eigenvalue weighted by Gasteiger charge is 2.35. The molecule has 1 fully saturated rings. The third-order valence-corrected chi connectivity index (χ3v) is 8.04. The van der Waals surface area contributed by atoms with E-state index in [9.17, 15) is 9.59 Å². The summed E-state index contributed by atoms with van der Waals surface area (Å²) in [5, 5.41) is 4.04. The Morgan fingerprint density at radius 1 is 0.784 bits per heavy atom. The van der Waals surface area contributed by atoms with Gasteiger partial charge in [-0.1, -0.05) is 89.9 Å². The molecule has 1 aliphatic heterocycles. The first-order valence-electron chi connectivity index (χ1n) is 11.7. The zero-order valence-corrected chi connectivity index (χ0v) is 21.9. The molecule has 2 heterocycles. The van der Waals surface area contributed by atoms with E-state index < -0.39 is 0 Å². The zero-order chi connectivity index (χ0) is 25.5. The molecule has 2 amide bonds. The van der Waals surface area contributed by atoms with Crippen molar-refractivity contribution in [3.05, 3.63) is 123 Å². The third kappa shape index (κ3) is 4.55. The Morgan fingerprint density at radius 3 is 2.38 bits per heavy atom. The number of thioether (sulfide) groups is 1. The molecule has 6 rings (SSSR count). The van der Waals surface area contributed by atoms with E-state index in [1.165, 1.54) is 4.90 Å². The van der Waals surface area contributed by atoms with Gasteiger partial charge >= 0.3 is 0 Å². The van der Waals surface area contributed by atoms with Crippen LogP contribution in [0.2, 0.25) is 10.0 Å². The van der Waals surface area contributed by atoms with Crippen LogP contribution in [0, 0.1) is 0 Å². The number of hydrogen-bond donors (Lipinski definition) is 0. The molecule has 0 spiro atoms. The summed E-state index contributed by atoms with van der Waals surface area (Å²) in [4.78, 5) is 28.0. The number of aromatic nitrogens is 1. The van der Waals surface area contributed by atoms with Crippen LogP contribution in [-0.2, 0) is 17.9 Å². The summed E-state index contributed by atoms with van der Waals surface area (Å²) in [7, 11) is 0. The lowest BCUT2D eigenvalue weighted by Gasteiger charge is -2.14. The second-order valence-corrected chi connectivity index (χ2v) is 10.7. The highest BCUT2D eigenvalue weighted by molar-refractivity contribution is 8.18. The predicted molar refractivity (Wildman–Crippen MR) is 153 cm³/mol. The topological polar surface area (TPSA) is 42.3 Å². The average Bonchev–Trinajstić information content (AvgIpc) is 3.37. The molecule has 0 unspecified atom stereocenters. The van der Waals surface area contributed by atoms with Crippen LogP contribution in [0.4, 0.5) is 4.79 Å². The molecule has 4 aromatic carbocycles. The molecule has 182 valence electrons. The molecule has 1 saturated heterocycles. The fraction of sp³-hybridized carbons (Fsp3) is 0.0667. The van der Waals surface area contributed by atoms with Gasteiger partial charge < -0.3 is 4.57 Å². The molecule has 4 nitrogen and oxygen atoms in total. The molecule has 5 aromatic rings. The number of nitrogens with zero attached hydrogens (tertiary/aromatic N) is 2. The van der Waals surface area contributed by atoms with E-state index in [4.69, 9.17) is 23.2 Å². The maximum atomic E-state index is 13.4. The van der Waals surface area contributed by atoms with Crippen LogP contribution in [0.3, 0.4) is 0 Å². The van der Waals surface area contributed by atoms with Gasteiger partial charge in [0.25, 0.3) is 11.1 Å². The van der Waals surface area contributed by atoms with Crippen LogP contribution < -0.4 is 0 Å². The van der Waals surface area contributed by atoms with Gasteiger partial charge in [0.15, 0.2) is 0 Å². The number of hydrogen-bond acceptors (Lipinski definition) is 3. The van der Waals surface area contributed by atoms with Crippen molar-refractivity contribution in [3.8, 4) is 0 Å². The predicted octanol–water partition coefficient (Wildman–Crippen LogP) is 8.39. The van der Waals surface area contributed by atoms with Crippen molar-refractivity contribution in [3.63, 3.8) is 0 Å². The van der Waals surface area contributed by atoms with E-state index in [1.54, 1.807) is 6.07 Å². The first-order chi connectivity index (χ1) is 18.0. The zero-order valence-electron chi connectivity index (χ0n) is 19.5. The fourth-order valence-corrected chi connectivity index (χ4v) is 6.03. The van der Waals surface area contributed by atoms with Crippen molar-refractivity contribution in [2.45, 2.75) is 13.1 Å². The minimum absolute atomic E-state index is 0.236. The summed E-state index contributed by atoms with van der Waals surface area (Å²) < 4.78 is 2.09. The lowest BCUT2D eigenvalue weighted by Crippen LogP contribution is -2.27. The first kappa shape index (κ1) is 23.9. The van der Waals surface area contributed by atoms with Crippen LogP contribution in [0.1, 0.15) is 16.7 Å². The molecule has 7 heteroatoms. The number of rotatable bonds is 5. The van der Waals surface area contributed by atoms with Gasteiger partial charge in [-0.3, -0.25) is 14.5 Å². The fourth-order valence-electron chi connectivity index (χ4n) is 4.73. The van der Waals surface area contributed by atoms with Crippen molar-refractivity contribution in [2.75, 3.05) is 0 Å². The minimum atomic E-state index is -0.277. The normalized spacial score (nSPS) is 15.0. The van der Waals surface area contributed by atoms with E-state index in [0.29, 0.717) is 21.5 Å². The summed E-state index contributed by atoms with van der Waals surface area (Å²) in [6, 6.07) is 27.4. The maximum absolute atomic E-state index is 13.4. The van der Waals surface area contributed by atoms with Crippen LogP contribution in [0.5, 0.6) is 0 Å². The van der Waals surface area contributed by atoms with Gasteiger partial charge in [-0.25, -0.2) is 0 Å². The number of halogens is 2. The standard InChI is InChI=1S/C30H20Cl2N2O2S/c31-23-13-12-21(26(32)15-23)16-33-17-22(25-10-3-4-11-27(25)33)14-28-29(35)34(30(36)37-28)18-20-8-5-7-19-6-1-2-9-24(19)20/h1-15,17H,16,18H2/b28-14-. The van der Waals surface area contributed by atoms with Gasteiger partial charge in [0, 0.05) is 39.3 Å². The molecule has 1 aromatic heterocycles. The van der Waals surface area contributed by atoms with E-state index in [-0.39, 0.29) is 17.7 Å². The highest BCUT2D eigenvalue weighted by Crippen LogP contribution is 2.36. The van der Waals surface area contributed by atoms with Gasteiger partial charge in [-0.2, -0.15) is 0 Å². The highest BCUT2D eigenvalue weighted by atomic mass is 35.5. The molecule has 0 N–H and O–H groups in total. The summed E-state index contributed by atoms with van der Waals surface area (Å²) in [6.45, 7) is 0.785. The Hall–Kier alpha value is -3.51. The van der Waals surface area contributed by atoms with Crippen LogP contribution in [-0.4, -0.2) is 20.6 Å². The Bertz CT molecular complexity index is 1740. The third-order valence-electron chi connectivity index (χ3n) is 6.54. The first-order valence-corrected chi connectivity index (χ1v) is 13.3. The molecule has 0 bridgehead atoms. The monoisotopic (exact) mass is 542 g/mol. The summed E-state index contributed by atoms with van der Waals surface area (Å²) in [5.41, 5.74) is 3.76. The summed E-state index contributed by atoms with van der Waals surface area (Å²) in [5.74, 6) is -0.277. The molecule has 0 saturated carbocycles. The number of imide groups is 1. The number of carbonyl (C=O) groups is 2. The summed E-state index contributed by atoms with van der Waals surface area (Å²) >= 11 is 13.5. The van der Waals surface area contributed by atoms with Crippen molar-refractivity contribution in [1.82, 2.24) is 9.47 Å². The average molecular weight is 543 g/mol. The van der Waals surface area contributed by atoms with Gasteiger partial charge in [-0.05, 0) is 57.9 Å². The number of benzene rings is 4. The summed E-state index contributed by atoms with van der Waals surface area (Å²) in [6.07, 6.45) is 3.81. The van der Waals surface area contributed by atoms with Crippen molar-refractivity contribution in [1.29, 1.82) is 0 Å². The smallest absolute Gasteiger partial charge is 0.293 e. The molecule has 37 heavy (non-hydrogen) atoms. The Kier molecular flexibility index (Phi) is 6.29. The van der Waals surface area contributed by atoms with Gasteiger partial charge in [0.05, 0.1) is 11.4 Å². The lowest BCUT2D eigenvalue weighted by atomic mass is 10.0. The van der Waals surface area contributed by atoms with Crippen molar-refractivity contribution >= 4 is 73.9 Å². The van der Waals surface area contributed by atoms with Gasteiger partial charge in [0.2, 0.25) is 0 Å². The SMILES string of the molecule is O=C1S/C(=C\c2cn(Cc3ccc(Cl)cc3Cl)c3ccccc23)C(=O)N1Cc1cccc2ccccc12.